The standard InChI is InChI=1S/C19H14ClN5O2/c20-15-6-8-16(9-7-15)21-23-19(14-4-2-1-3-5-14)24-22-17-10-12-18(13-11-17)25(26)27/h1-13,21H/b23-19-,24-22?. The Morgan fingerprint density at radius 1 is 0.926 bits per heavy atom. The second-order valence-corrected chi connectivity index (χ2v) is 5.83. The maximum atomic E-state index is 10.7. The Morgan fingerprint density at radius 3 is 2.22 bits per heavy atom. The summed E-state index contributed by atoms with van der Waals surface area (Å²) in [6, 6.07) is 22.2. The lowest BCUT2D eigenvalue weighted by molar-refractivity contribution is -0.384. The van der Waals surface area contributed by atoms with Gasteiger partial charge in [0.05, 0.1) is 16.3 Å². The van der Waals surface area contributed by atoms with E-state index in [0.29, 0.717) is 16.5 Å². The van der Waals surface area contributed by atoms with Crippen LogP contribution in [0.4, 0.5) is 17.1 Å². The molecule has 7 nitrogen and oxygen atoms in total. The van der Waals surface area contributed by atoms with Crippen LogP contribution in [0.5, 0.6) is 0 Å². The first kappa shape index (κ1) is 18.2. The zero-order chi connectivity index (χ0) is 19.1. The van der Waals surface area contributed by atoms with Gasteiger partial charge in [-0.15, -0.1) is 10.2 Å². The molecule has 0 saturated heterocycles. The summed E-state index contributed by atoms with van der Waals surface area (Å²) in [5.74, 6) is 0.365. The molecule has 8 heteroatoms. The van der Waals surface area contributed by atoms with Gasteiger partial charge in [-0.3, -0.25) is 15.5 Å². The number of rotatable bonds is 5. The molecular formula is C19H14ClN5O2. The lowest BCUT2D eigenvalue weighted by Gasteiger charge is -2.03. The van der Waals surface area contributed by atoms with E-state index in [1.54, 1.807) is 24.3 Å². The molecule has 0 aliphatic carbocycles. The van der Waals surface area contributed by atoms with Crippen molar-refractivity contribution in [1.29, 1.82) is 0 Å². The van der Waals surface area contributed by atoms with Gasteiger partial charge in [-0.25, -0.2) is 0 Å². The van der Waals surface area contributed by atoms with Crippen LogP contribution in [-0.4, -0.2) is 10.8 Å². The number of nitro groups is 1. The van der Waals surface area contributed by atoms with Gasteiger partial charge in [-0.05, 0) is 36.4 Å². The molecule has 27 heavy (non-hydrogen) atoms. The Bertz CT molecular complexity index is 971. The van der Waals surface area contributed by atoms with Crippen molar-refractivity contribution in [3.63, 3.8) is 0 Å². The molecule has 0 fully saturated rings. The third kappa shape index (κ3) is 5.20. The molecule has 0 radical (unpaired) electrons. The molecule has 134 valence electrons. The van der Waals surface area contributed by atoms with Crippen LogP contribution in [-0.2, 0) is 0 Å². The number of non-ortho nitro benzene ring substituents is 1. The number of nitrogens with one attached hydrogen (secondary N) is 1. The highest BCUT2D eigenvalue weighted by Crippen LogP contribution is 2.19. The molecule has 0 aliphatic rings. The van der Waals surface area contributed by atoms with E-state index in [1.165, 1.54) is 24.3 Å². The molecule has 0 amide bonds. The first-order chi connectivity index (χ1) is 13.1. The van der Waals surface area contributed by atoms with E-state index in [-0.39, 0.29) is 5.69 Å². The maximum absolute atomic E-state index is 10.7. The summed E-state index contributed by atoms with van der Waals surface area (Å²) in [5.41, 5.74) is 4.91. The smallest absolute Gasteiger partial charge is 0.269 e. The predicted octanol–water partition coefficient (Wildman–Crippen LogP) is 5.81. The third-order valence-corrected chi connectivity index (χ3v) is 3.74. The van der Waals surface area contributed by atoms with Crippen LogP contribution in [0.2, 0.25) is 5.02 Å². The fraction of sp³-hybridized carbons (Fsp3) is 0. The number of azo groups is 1. The number of hydrogen-bond donors (Lipinski definition) is 1. The Balaban J connectivity index is 1.84. The molecule has 3 aromatic carbocycles. The summed E-state index contributed by atoms with van der Waals surface area (Å²) in [4.78, 5) is 10.3. The first-order valence-electron chi connectivity index (χ1n) is 7.93. The van der Waals surface area contributed by atoms with Crippen LogP contribution < -0.4 is 5.43 Å². The van der Waals surface area contributed by atoms with E-state index in [0.717, 1.165) is 11.3 Å². The van der Waals surface area contributed by atoms with Crippen molar-refractivity contribution >= 4 is 34.5 Å². The van der Waals surface area contributed by atoms with E-state index in [1.807, 2.05) is 30.3 Å². The minimum Gasteiger partial charge on any atom is -0.276 e. The Labute approximate surface area is 160 Å². The minimum absolute atomic E-state index is 0.00435. The fourth-order valence-corrected chi connectivity index (χ4v) is 2.25. The van der Waals surface area contributed by atoms with Crippen molar-refractivity contribution in [2.45, 2.75) is 0 Å². The lowest BCUT2D eigenvalue weighted by Crippen LogP contribution is -2.01. The van der Waals surface area contributed by atoms with Crippen molar-refractivity contribution in [3.05, 3.63) is 99.6 Å². The lowest BCUT2D eigenvalue weighted by atomic mass is 10.2. The van der Waals surface area contributed by atoms with Gasteiger partial charge < -0.3 is 0 Å². The summed E-state index contributed by atoms with van der Waals surface area (Å²) >= 11 is 5.88. The number of nitrogens with zero attached hydrogens (tertiary/aromatic N) is 4. The topological polar surface area (TPSA) is 92.2 Å². The van der Waals surface area contributed by atoms with E-state index >= 15 is 0 Å². The van der Waals surface area contributed by atoms with E-state index < -0.39 is 4.92 Å². The van der Waals surface area contributed by atoms with Crippen molar-refractivity contribution in [2.75, 3.05) is 5.43 Å². The highest BCUT2D eigenvalue weighted by atomic mass is 35.5. The number of halogens is 1. The zero-order valence-corrected chi connectivity index (χ0v) is 14.7. The second kappa shape index (κ2) is 8.68. The zero-order valence-electron chi connectivity index (χ0n) is 14.0. The highest BCUT2D eigenvalue weighted by molar-refractivity contribution is 6.30. The summed E-state index contributed by atoms with van der Waals surface area (Å²) < 4.78 is 0. The fourth-order valence-electron chi connectivity index (χ4n) is 2.12. The summed E-state index contributed by atoms with van der Waals surface area (Å²) in [6.07, 6.45) is 0. The molecule has 3 rings (SSSR count). The number of amidine groups is 1. The molecule has 0 bridgehead atoms. The van der Waals surface area contributed by atoms with Crippen molar-refractivity contribution in [1.82, 2.24) is 0 Å². The van der Waals surface area contributed by atoms with Crippen molar-refractivity contribution < 1.29 is 4.92 Å². The van der Waals surface area contributed by atoms with Gasteiger partial charge in [0.25, 0.3) is 5.69 Å². The number of anilines is 1. The molecule has 1 N–H and O–H groups in total. The van der Waals surface area contributed by atoms with Crippen LogP contribution in [0.1, 0.15) is 5.56 Å². The van der Waals surface area contributed by atoms with Crippen LogP contribution >= 0.6 is 11.6 Å². The number of hydrogen-bond acceptors (Lipinski definition) is 5. The molecule has 0 spiro atoms. The van der Waals surface area contributed by atoms with Gasteiger partial charge in [-0.2, -0.15) is 5.10 Å². The van der Waals surface area contributed by atoms with Crippen LogP contribution in [0, 0.1) is 10.1 Å². The number of hydrazone groups is 1. The van der Waals surface area contributed by atoms with E-state index in [2.05, 4.69) is 20.8 Å². The maximum Gasteiger partial charge on any atom is 0.269 e. The Morgan fingerprint density at radius 2 is 1.59 bits per heavy atom. The summed E-state index contributed by atoms with van der Waals surface area (Å²) in [6.45, 7) is 0. The van der Waals surface area contributed by atoms with Gasteiger partial charge in [0.15, 0.2) is 0 Å². The quantitative estimate of drug-likeness (QED) is 0.199. The van der Waals surface area contributed by atoms with Gasteiger partial charge in [0.1, 0.15) is 0 Å². The highest BCUT2D eigenvalue weighted by Gasteiger charge is 2.05. The third-order valence-electron chi connectivity index (χ3n) is 3.49. The van der Waals surface area contributed by atoms with Gasteiger partial charge in [-0.1, -0.05) is 41.9 Å². The summed E-state index contributed by atoms with van der Waals surface area (Å²) in [5, 5.41) is 24.0. The molecule has 0 saturated carbocycles. The van der Waals surface area contributed by atoms with Gasteiger partial charge >= 0.3 is 0 Å². The molecule has 0 unspecified atom stereocenters. The van der Waals surface area contributed by atoms with E-state index in [9.17, 15) is 10.1 Å². The minimum atomic E-state index is -0.464. The van der Waals surface area contributed by atoms with Gasteiger partial charge in [0, 0.05) is 22.7 Å². The monoisotopic (exact) mass is 379 g/mol. The molecular weight excluding hydrogens is 366 g/mol. The molecule has 3 aromatic rings. The first-order valence-corrected chi connectivity index (χ1v) is 8.30. The van der Waals surface area contributed by atoms with Crippen molar-refractivity contribution in [2.24, 2.45) is 15.3 Å². The van der Waals surface area contributed by atoms with E-state index in [4.69, 9.17) is 11.6 Å². The average Bonchev–Trinajstić information content (AvgIpc) is 2.70. The SMILES string of the molecule is O=[N+]([O-])c1ccc(N=N/C(=N\Nc2ccc(Cl)cc2)c2ccccc2)cc1. The second-order valence-electron chi connectivity index (χ2n) is 5.39. The molecule has 0 atom stereocenters. The predicted molar refractivity (Wildman–Crippen MR) is 106 cm³/mol. The molecule has 0 heterocycles. The largest absolute Gasteiger partial charge is 0.276 e. The number of nitro benzene ring substituents is 1. The Hall–Kier alpha value is -3.58. The average molecular weight is 380 g/mol. The van der Waals surface area contributed by atoms with Crippen LogP contribution in [0.3, 0.4) is 0 Å². The molecule has 0 aliphatic heterocycles. The summed E-state index contributed by atoms with van der Waals surface area (Å²) in [7, 11) is 0. The van der Waals surface area contributed by atoms with Crippen LogP contribution in [0.15, 0.2) is 94.2 Å². The normalized spacial score (nSPS) is 11.5. The Kier molecular flexibility index (Phi) is 5.86. The van der Waals surface area contributed by atoms with Crippen LogP contribution in [0.25, 0.3) is 0 Å². The molecule has 0 aromatic heterocycles. The van der Waals surface area contributed by atoms with Crippen molar-refractivity contribution in [3.8, 4) is 0 Å². The van der Waals surface area contributed by atoms with Gasteiger partial charge in [0.2, 0.25) is 5.84 Å². The number of benzene rings is 3.